The number of pyridine rings is 1. The maximum atomic E-state index is 11.2. The summed E-state index contributed by atoms with van der Waals surface area (Å²) < 4.78 is 7.19. The van der Waals surface area contributed by atoms with Crippen molar-refractivity contribution in [2.24, 2.45) is 5.92 Å². The Kier molecular flexibility index (Phi) is 8.12. The van der Waals surface area contributed by atoms with Crippen LogP contribution in [0.1, 0.15) is 36.2 Å². The van der Waals surface area contributed by atoms with E-state index >= 15 is 0 Å². The molecule has 1 saturated carbocycles. The first-order chi connectivity index (χ1) is 14.1. The molecule has 1 heterocycles. The fourth-order valence-corrected chi connectivity index (χ4v) is 4.22. The monoisotopic (exact) mass is 473 g/mol. The Morgan fingerprint density at radius 2 is 1.73 bits per heavy atom. The number of carboxylic acids is 1. The van der Waals surface area contributed by atoms with E-state index in [1.807, 2.05) is 48.5 Å². The van der Waals surface area contributed by atoms with Gasteiger partial charge in [-0.2, -0.15) is 0 Å². The maximum absolute atomic E-state index is 11.2. The second kappa shape index (κ2) is 10.6. The number of aromatic nitrogens is 1. The number of aromatic carboxylic acids is 1. The van der Waals surface area contributed by atoms with Gasteiger partial charge in [0.2, 0.25) is 0 Å². The molecule has 0 N–H and O–H groups in total. The van der Waals surface area contributed by atoms with Gasteiger partial charge in [0.25, 0.3) is 0 Å². The summed E-state index contributed by atoms with van der Waals surface area (Å²) >= 11 is 3.57. The third kappa shape index (κ3) is 5.33. The van der Waals surface area contributed by atoms with Crippen LogP contribution in [0.4, 0.5) is 0 Å². The first-order valence-corrected chi connectivity index (χ1v) is 10.6. The molecule has 0 unspecified atom stereocenters. The zero-order valence-corrected chi connectivity index (χ0v) is 20.5. The second-order valence-corrected chi connectivity index (χ2v) is 8.26. The number of carbonyl (C=O) groups is 1. The van der Waals surface area contributed by atoms with E-state index in [1.165, 1.54) is 31.7 Å². The quantitative estimate of drug-likeness (QED) is 0.514. The molecule has 1 aliphatic rings. The molecule has 4 nitrogen and oxygen atoms in total. The predicted octanol–water partition coefficient (Wildman–Crippen LogP) is 2.11. The summed E-state index contributed by atoms with van der Waals surface area (Å²) in [5, 5.41) is 11.2. The van der Waals surface area contributed by atoms with Gasteiger partial charge in [-0.15, -0.1) is 0 Å². The van der Waals surface area contributed by atoms with E-state index in [0.717, 1.165) is 33.5 Å². The Hall–Kier alpha value is -1.66. The number of carboxylic acid groups (broad SMARTS) is 1. The van der Waals surface area contributed by atoms with Gasteiger partial charge >= 0.3 is 29.6 Å². The molecule has 0 aliphatic heterocycles. The first kappa shape index (κ1) is 23.0. The number of halogens is 1. The predicted molar refractivity (Wildman–Crippen MR) is 115 cm³/mol. The van der Waals surface area contributed by atoms with E-state index in [9.17, 15) is 9.90 Å². The number of nitrogens with zero attached hydrogens (tertiary/aromatic N) is 1. The molecular weight excluding hydrogens is 453 g/mol. The van der Waals surface area contributed by atoms with Crippen LogP contribution >= 0.6 is 15.9 Å². The van der Waals surface area contributed by atoms with Crippen LogP contribution in [0.3, 0.4) is 0 Å². The number of ether oxygens (including phenoxy) is 1. The van der Waals surface area contributed by atoms with Crippen LogP contribution < -0.4 is 39.4 Å². The van der Waals surface area contributed by atoms with Crippen LogP contribution in [0.2, 0.25) is 0 Å². The van der Waals surface area contributed by atoms with E-state index in [-0.39, 0.29) is 35.3 Å². The molecule has 4 rings (SSSR count). The molecule has 1 aromatic heterocycles. The molecule has 30 heavy (non-hydrogen) atoms. The van der Waals surface area contributed by atoms with Gasteiger partial charge in [0.05, 0.1) is 24.0 Å². The summed E-state index contributed by atoms with van der Waals surface area (Å²) in [6, 6.07) is 18.8. The third-order valence-corrected chi connectivity index (χ3v) is 5.84. The molecule has 2 aromatic carbocycles. The van der Waals surface area contributed by atoms with Gasteiger partial charge in [-0.25, -0.2) is 4.98 Å². The van der Waals surface area contributed by atoms with Crippen LogP contribution in [0.25, 0.3) is 22.4 Å². The van der Waals surface area contributed by atoms with Crippen molar-refractivity contribution in [2.45, 2.75) is 25.7 Å². The van der Waals surface area contributed by atoms with Gasteiger partial charge in [-0.05, 0) is 54.7 Å². The van der Waals surface area contributed by atoms with Gasteiger partial charge in [0.1, 0.15) is 5.75 Å². The van der Waals surface area contributed by atoms with Crippen molar-refractivity contribution < 1.29 is 44.2 Å². The minimum Gasteiger partial charge on any atom is -0.543 e. The van der Waals surface area contributed by atoms with Crippen LogP contribution in [0, 0.1) is 5.92 Å². The fourth-order valence-electron chi connectivity index (χ4n) is 3.86. The molecule has 1 fully saturated rings. The topological polar surface area (TPSA) is 62.2 Å². The van der Waals surface area contributed by atoms with Crippen molar-refractivity contribution in [1.29, 1.82) is 0 Å². The Labute approximate surface area is 207 Å². The van der Waals surface area contributed by atoms with Crippen LogP contribution in [-0.2, 0) is 0 Å². The summed E-state index contributed by atoms with van der Waals surface area (Å²) in [6.07, 6.45) is 5.01. The number of rotatable bonds is 6. The Bertz CT molecular complexity index is 1030. The van der Waals surface area contributed by atoms with Crippen molar-refractivity contribution in [3.63, 3.8) is 0 Å². The molecule has 0 saturated heterocycles. The molecule has 0 radical (unpaired) electrons. The zero-order valence-electron chi connectivity index (χ0n) is 16.9. The van der Waals surface area contributed by atoms with Crippen molar-refractivity contribution in [3.8, 4) is 28.1 Å². The zero-order chi connectivity index (χ0) is 20.2. The van der Waals surface area contributed by atoms with Gasteiger partial charge in [0, 0.05) is 15.6 Å². The number of hydrogen-bond acceptors (Lipinski definition) is 4. The molecule has 6 heteroatoms. The Balaban J connectivity index is 0.00000256. The molecule has 148 valence electrons. The normalized spacial score (nSPS) is 13.6. The van der Waals surface area contributed by atoms with Crippen molar-refractivity contribution in [3.05, 3.63) is 70.8 Å². The van der Waals surface area contributed by atoms with E-state index in [2.05, 4.69) is 20.9 Å². The smallest absolute Gasteiger partial charge is 0.543 e. The van der Waals surface area contributed by atoms with E-state index in [0.29, 0.717) is 11.6 Å². The molecule has 0 atom stereocenters. The third-order valence-electron chi connectivity index (χ3n) is 5.34. The van der Waals surface area contributed by atoms with Crippen LogP contribution in [0.5, 0.6) is 5.75 Å². The van der Waals surface area contributed by atoms with Crippen LogP contribution in [0.15, 0.2) is 65.1 Å². The average molecular weight is 474 g/mol. The number of benzene rings is 2. The van der Waals surface area contributed by atoms with E-state index in [4.69, 9.17) is 4.74 Å². The molecule has 3 aromatic rings. The summed E-state index contributed by atoms with van der Waals surface area (Å²) in [5.41, 5.74) is 3.25. The number of hydrogen-bond donors (Lipinski definition) is 0. The minimum absolute atomic E-state index is 0. The molecular formula is C24H21BrNNaO3. The molecule has 0 amide bonds. The summed E-state index contributed by atoms with van der Waals surface area (Å²) in [7, 11) is 0. The standard InChI is InChI=1S/C24H22BrNO3.Na/c25-17-12-13-23(29-15-16-6-1-2-7-16)20(14-17)18-8-3-4-9-19(18)21-10-5-11-22(26-21)24(27)28;/h3-5,8-14,16H,1-2,6-7,15H2,(H,27,28);/q;+1/p-1. The van der Waals surface area contributed by atoms with Crippen molar-refractivity contribution in [1.82, 2.24) is 4.98 Å². The fraction of sp³-hybridized carbons (Fsp3) is 0.250. The summed E-state index contributed by atoms with van der Waals surface area (Å²) in [6.45, 7) is 0.717. The Morgan fingerprint density at radius 1 is 1.00 bits per heavy atom. The SMILES string of the molecule is O=C([O-])c1cccc(-c2ccccc2-c2cc(Br)ccc2OCC2CCCC2)n1.[Na+]. The summed E-state index contributed by atoms with van der Waals surface area (Å²) in [4.78, 5) is 15.5. The molecule has 0 bridgehead atoms. The minimum atomic E-state index is -1.28. The van der Waals surface area contributed by atoms with Gasteiger partial charge in [-0.3, -0.25) is 0 Å². The summed E-state index contributed by atoms with van der Waals surface area (Å²) in [5.74, 6) is 0.152. The van der Waals surface area contributed by atoms with Crippen molar-refractivity contribution >= 4 is 21.9 Å². The van der Waals surface area contributed by atoms with Gasteiger partial charge in [0.15, 0.2) is 0 Å². The molecule has 0 spiro atoms. The van der Waals surface area contributed by atoms with Crippen molar-refractivity contribution in [2.75, 3.05) is 6.61 Å². The van der Waals surface area contributed by atoms with Gasteiger partial charge in [-0.1, -0.05) is 59.1 Å². The largest absolute Gasteiger partial charge is 1.00 e. The second-order valence-electron chi connectivity index (χ2n) is 7.34. The first-order valence-electron chi connectivity index (χ1n) is 9.82. The number of carbonyl (C=O) groups excluding carboxylic acids is 1. The Morgan fingerprint density at radius 3 is 2.47 bits per heavy atom. The molecule has 1 aliphatic carbocycles. The average Bonchev–Trinajstić information content (AvgIpc) is 3.26. The van der Waals surface area contributed by atoms with Crippen LogP contribution in [-0.4, -0.2) is 17.6 Å². The van der Waals surface area contributed by atoms with E-state index in [1.54, 1.807) is 6.07 Å². The maximum Gasteiger partial charge on any atom is 1.00 e. The van der Waals surface area contributed by atoms with Gasteiger partial charge < -0.3 is 14.6 Å². The van der Waals surface area contributed by atoms with E-state index < -0.39 is 5.97 Å².